The Hall–Kier alpha value is -0.390. The number of hydrogen-bond donors (Lipinski definition) is 0. The van der Waals surface area contributed by atoms with Crippen molar-refractivity contribution in [1.29, 1.82) is 0 Å². The molecule has 0 aromatic rings. The number of ether oxygens (including phenoxy) is 1. The van der Waals surface area contributed by atoms with Crippen LogP contribution in [0.25, 0.3) is 0 Å². The predicted octanol–water partition coefficient (Wildman–Crippen LogP) is 3.02. The Bertz CT molecular complexity index is 225. The largest absolute Gasteiger partial charge is 0.465 e. The van der Waals surface area contributed by atoms with Crippen LogP contribution >= 0.6 is 11.8 Å². The van der Waals surface area contributed by atoms with Crippen LogP contribution in [0.5, 0.6) is 0 Å². The highest BCUT2D eigenvalue weighted by atomic mass is 32.2. The Morgan fingerprint density at radius 1 is 1.31 bits per heavy atom. The van der Waals surface area contributed by atoms with Crippen LogP contribution in [0.4, 0.5) is 13.2 Å². The van der Waals surface area contributed by atoms with Gasteiger partial charge in [-0.15, -0.1) is 0 Å². The maximum absolute atomic E-state index is 11.8. The maximum Gasteiger partial charge on any atom is 0.399 e. The van der Waals surface area contributed by atoms with E-state index >= 15 is 0 Å². The molecule has 0 N–H and O–H groups in total. The molecule has 0 bridgehead atoms. The molecule has 2 nitrogen and oxygen atoms in total. The molecule has 0 aromatic carbocycles. The van der Waals surface area contributed by atoms with Gasteiger partial charge in [0.25, 0.3) is 0 Å². The fourth-order valence-electron chi connectivity index (χ4n) is 1.59. The summed E-state index contributed by atoms with van der Waals surface area (Å²) >= 11 is 1.89. The van der Waals surface area contributed by atoms with Crippen LogP contribution in [0.3, 0.4) is 0 Å². The average Bonchev–Trinajstić information content (AvgIpc) is 2.16. The zero-order valence-corrected chi connectivity index (χ0v) is 9.70. The standard InChI is InChI=1S/C10H15F3O2S/c11-10(12,13)7-9(14)15-4-1-8-2-5-16-6-3-8/h8H,1-7H2. The van der Waals surface area contributed by atoms with Crippen molar-refractivity contribution in [3.8, 4) is 0 Å². The second-order valence-electron chi connectivity index (χ2n) is 3.86. The summed E-state index contributed by atoms with van der Waals surface area (Å²) in [5.74, 6) is 1.53. The van der Waals surface area contributed by atoms with Gasteiger partial charge >= 0.3 is 12.1 Å². The number of carbonyl (C=O) groups excluding carboxylic acids is 1. The first-order valence-corrected chi connectivity index (χ1v) is 6.43. The lowest BCUT2D eigenvalue weighted by atomic mass is 10.00. The highest BCUT2D eigenvalue weighted by Crippen LogP contribution is 2.25. The van der Waals surface area contributed by atoms with Gasteiger partial charge in [0.2, 0.25) is 0 Å². The Labute approximate surface area is 96.9 Å². The molecule has 0 aliphatic carbocycles. The summed E-state index contributed by atoms with van der Waals surface area (Å²) in [5, 5.41) is 0. The lowest BCUT2D eigenvalue weighted by Gasteiger charge is -2.20. The molecular weight excluding hydrogens is 241 g/mol. The average molecular weight is 256 g/mol. The van der Waals surface area contributed by atoms with Gasteiger partial charge in [-0.25, -0.2) is 0 Å². The van der Waals surface area contributed by atoms with Gasteiger partial charge in [-0.1, -0.05) is 0 Å². The number of halogens is 3. The Morgan fingerprint density at radius 3 is 2.50 bits per heavy atom. The van der Waals surface area contributed by atoms with E-state index in [1.54, 1.807) is 0 Å². The molecule has 1 aliphatic heterocycles. The van der Waals surface area contributed by atoms with Gasteiger partial charge in [0, 0.05) is 0 Å². The molecule has 1 heterocycles. The van der Waals surface area contributed by atoms with E-state index in [1.807, 2.05) is 11.8 Å². The summed E-state index contributed by atoms with van der Waals surface area (Å²) in [6.45, 7) is 0.115. The van der Waals surface area contributed by atoms with E-state index in [1.165, 1.54) is 0 Å². The molecule has 0 unspecified atom stereocenters. The third-order valence-corrected chi connectivity index (χ3v) is 3.52. The molecule has 0 aromatic heterocycles. The SMILES string of the molecule is O=C(CC(F)(F)F)OCCC1CCSCC1. The van der Waals surface area contributed by atoms with Gasteiger partial charge in [0.15, 0.2) is 0 Å². The molecule has 94 valence electrons. The second kappa shape index (κ2) is 6.37. The van der Waals surface area contributed by atoms with Crippen LogP contribution < -0.4 is 0 Å². The number of thioether (sulfide) groups is 1. The van der Waals surface area contributed by atoms with Gasteiger partial charge in [0.05, 0.1) is 6.61 Å². The molecule has 0 atom stereocenters. The molecule has 16 heavy (non-hydrogen) atoms. The maximum atomic E-state index is 11.8. The molecule has 1 rings (SSSR count). The Kier molecular flexibility index (Phi) is 5.44. The van der Waals surface area contributed by atoms with Crippen molar-refractivity contribution in [3.63, 3.8) is 0 Å². The van der Waals surface area contributed by atoms with Crippen LogP contribution in [0, 0.1) is 5.92 Å². The molecular formula is C10H15F3O2S. The molecule has 0 spiro atoms. The molecule has 6 heteroatoms. The first kappa shape index (κ1) is 13.7. The predicted molar refractivity (Wildman–Crippen MR) is 56.3 cm³/mol. The fraction of sp³-hybridized carbons (Fsp3) is 0.900. The smallest absolute Gasteiger partial charge is 0.399 e. The van der Waals surface area contributed by atoms with Gasteiger partial charge in [-0.05, 0) is 36.7 Å². The monoisotopic (exact) mass is 256 g/mol. The Balaban J connectivity index is 2.08. The summed E-state index contributed by atoms with van der Waals surface area (Å²) in [4.78, 5) is 10.8. The minimum atomic E-state index is -4.46. The summed E-state index contributed by atoms with van der Waals surface area (Å²) < 4.78 is 39.9. The van der Waals surface area contributed by atoms with E-state index in [4.69, 9.17) is 0 Å². The van der Waals surface area contributed by atoms with Crippen LogP contribution in [0.15, 0.2) is 0 Å². The first-order valence-electron chi connectivity index (χ1n) is 5.27. The number of esters is 1. The van der Waals surface area contributed by atoms with Gasteiger partial charge in [-0.2, -0.15) is 24.9 Å². The van der Waals surface area contributed by atoms with E-state index in [0.29, 0.717) is 12.3 Å². The minimum absolute atomic E-state index is 0.115. The highest BCUT2D eigenvalue weighted by molar-refractivity contribution is 7.99. The summed E-state index contributed by atoms with van der Waals surface area (Å²) in [6.07, 6.45) is -3.11. The lowest BCUT2D eigenvalue weighted by Crippen LogP contribution is -2.19. The molecule has 0 saturated carbocycles. The van der Waals surface area contributed by atoms with Crippen molar-refractivity contribution in [2.24, 2.45) is 5.92 Å². The molecule has 1 fully saturated rings. The molecule has 0 radical (unpaired) electrons. The van der Waals surface area contributed by atoms with Gasteiger partial charge in [0.1, 0.15) is 6.42 Å². The van der Waals surface area contributed by atoms with Crippen molar-refractivity contribution in [3.05, 3.63) is 0 Å². The first-order chi connectivity index (χ1) is 7.47. The molecule has 0 amide bonds. The normalized spacial score (nSPS) is 18.4. The lowest BCUT2D eigenvalue weighted by molar-refractivity contribution is -0.171. The van der Waals surface area contributed by atoms with E-state index in [0.717, 1.165) is 24.3 Å². The topological polar surface area (TPSA) is 26.3 Å². The molecule has 1 aliphatic rings. The summed E-state index contributed by atoms with van der Waals surface area (Å²) in [6, 6.07) is 0. The van der Waals surface area contributed by atoms with Gasteiger partial charge < -0.3 is 4.74 Å². The van der Waals surface area contributed by atoms with Crippen molar-refractivity contribution < 1.29 is 22.7 Å². The number of alkyl halides is 3. The van der Waals surface area contributed by atoms with Crippen LogP contribution in [-0.4, -0.2) is 30.3 Å². The summed E-state index contributed by atoms with van der Waals surface area (Å²) in [7, 11) is 0. The van der Waals surface area contributed by atoms with E-state index in [2.05, 4.69) is 4.74 Å². The van der Waals surface area contributed by atoms with Crippen molar-refractivity contribution in [2.75, 3.05) is 18.1 Å². The number of hydrogen-bond acceptors (Lipinski definition) is 3. The quantitative estimate of drug-likeness (QED) is 0.723. The third kappa shape index (κ3) is 6.25. The van der Waals surface area contributed by atoms with E-state index in [-0.39, 0.29) is 6.61 Å². The summed E-state index contributed by atoms with van der Waals surface area (Å²) in [5.41, 5.74) is 0. The van der Waals surface area contributed by atoms with E-state index < -0.39 is 18.6 Å². The highest BCUT2D eigenvalue weighted by Gasteiger charge is 2.32. The van der Waals surface area contributed by atoms with E-state index in [9.17, 15) is 18.0 Å². The van der Waals surface area contributed by atoms with Crippen LogP contribution in [0.1, 0.15) is 25.7 Å². The minimum Gasteiger partial charge on any atom is -0.465 e. The van der Waals surface area contributed by atoms with Crippen LogP contribution in [0.2, 0.25) is 0 Å². The Morgan fingerprint density at radius 2 is 1.94 bits per heavy atom. The van der Waals surface area contributed by atoms with Crippen molar-refractivity contribution in [2.45, 2.75) is 31.9 Å². The fourth-order valence-corrected chi connectivity index (χ4v) is 2.79. The third-order valence-electron chi connectivity index (χ3n) is 2.47. The van der Waals surface area contributed by atoms with Crippen molar-refractivity contribution >= 4 is 17.7 Å². The number of rotatable bonds is 4. The second-order valence-corrected chi connectivity index (χ2v) is 5.08. The van der Waals surface area contributed by atoms with Crippen molar-refractivity contribution in [1.82, 2.24) is 0 Å². The van der Waals surface area contributed by atoms with Gasteiger partial charge in [-0.3, -0.25) is 4.79 Å². The van der Waals surface area contributed by atoms with Crippen LogP contribution in [-0.2, 0) is 9.53 Å². The molecule has 1 saturated heterocycles. The number of carbonyl (C=O) groups is 1. The zero-order chi connectivity index (χ0) is 12.0. The zero-order valence-electron chi connectivity index (χ0n) is 8.89.